The number of morpholine rings is 1. The van der Waals surface area contributed by atoms with Crippen LogP contribution in [0.1, 0.15) is 36.8 Å². The number of carbonyl (C=O) groups excluding carboxylic acids is 2. The molecule has 1 aliphatic rings. The van der Waals surface area contributed by atoms with E-state index in [1.807, 2.05) is 51.1 Å². The summed E-state index contributed by atoms with van der Waals surface area (Å²) in [6.07, 6.45) is 4.58. The van der Waals surface area contributed by atoms with Gasteiger partial charge < -0.3 is 19.7 Å². The molecule has 0 spiro atoms. The lowest BCUT2D eigenvalue weighted by molar-refractivity contribution is 0.0544. The summed E-state index contributed by atoms with van der Waals surface area (Å²) in [4.78, 5) is 32.2. The van der Waals surface area contributed by atoms with Gasteiger partial charge in [-0.05, 0) is 44.5 Å². The Morgan fingerprint density at radius 2 is 1.94 bits per heavy atom. The number of fused-ring (bicyclic) bond motifs is 2. The fourth-order valence-electron chi connectivity index (χ4n) is 4.07. The molecule has 4 heterocycles. The van der Waals surface area contributed by atoms with Crippen molar-refractivity contribution in [3.05, 3.63) is 60.2 Å². The molecule has 0 unspecified atom stereocenters. The zero-order valence-electron chi connectivity index (χ0n) is 20.0. The lowest BCUT2D eigenvalue weighted by Gasteiger charge is -2.28. The standard InChI is InChI=1S/C25H28N6O4/c1-25(2,3)35-24(33)30-9-7-18-5-4-17(14-21(18)30)15-26-23(32)19-16-31-22(28-19)20(6-8-27-31)29-10-12-34-13-11-29/h4-9,14,16H,10-13,15H2,1-3H3,(H,26,32). The molecule has 182 valence electrons. The molecular formula is C25H28N6O4. The maximum absolute atomic E-state index is 12.9. The largest absolute Gasteiger partial charge is 0.443 e. The molecule has 35 heavy (non-hydrogen) atoms. The van der Waals surface area contributed by atoms with Crippen molar-refractivity contribution < 1.29 is 19.1 Å². The molecule has 0 radical (unpaired) electrons. The summed E-state index contributed by atoms with van der Waals surface area (Å²) in [5.74, 6) is -0.300. The van der Waals surface area contributed by atoms with Crippen LogP contribution >= 0.6 is 0 Å². The molecule has 0 saturated carbocycles. The van der Waals surface area contributed by atoms with E-state index < -0.39 is 11.7 Å². The molecule has 1 saturated heterocycles. The molecular weight excluding hydrogens is 448 g/mol. The average molecular weight is 477 g/mol. The van der Waals surface area contributed by atoms with E-state index in [4.69, 9.17) is 9.47 Å². The Hall–Kier alpha value is -3.92. The topological polar surface area (TPSA) is 103 Å². The first-order valence-corrected chi connectivity index (χ1v) is 11.6. The lowest BCUT2D eigenvalue weighted by Crippen LogP contribution is -2.36. The van der Waals surface area contributed by atoms with E-state index >= 15 is 0 Å². The third kappa shape index (κ3) is 4.83. The molecule has 4 aromatic rings. The van der Waals surface area contributed by atoms with E-state index in [2.05, 4.69) is 20.3 Å². The van der Waals surface area contributed by atoms with Crippen molar-refractivity contribution in [3.8, 4) is 0 Å². The third-order valence-corrected chi connectivity index (χ3v) is 5.73. The van der Waals surface area contributed by atoms with Gasteiger partial charge in [-0.15, -0.1) is 0 Å². The second-order valence-corrected chi connectivity index (χ2v) is 9.45. The van der Waals surface area contributed by atoms with Gasteiger partial charge in [0.05, 0.1) is 36.8 Å². The minimum absolute atomic E-state index is 0.284. The number of carbonyl (C=O) groups is 2. The van der Waals surface area contributed by atoms with Crippen molar-refractivity contribution in [1.82, 2.24) is 24.5 Å². The number of imidazole rings is 1. The number of benzene rings is 1. The molecule has 1 aromatic carbocycles. The fourth-order valence-corrected chi connectivity index (χ4v) is 4.07. The van der Waals surface area contributed by atoms with Gasteiger partial charge in [-0.25, -0.2) is 14.3 Å². The minimum atomic E-state index is -0.593. The highest BCUT2D eigenvalue weighted by molar-refractivity contribution is 5.94. The van der Waals surface area contributed by atoms with Gasteiger partial charge in [0.1, 0.15) is 11.3 Å². The van der Waals surface area contributed by atoms with E-state index in [0.29, 0.717) is 18.9 Å². The van der Waals surface area contributed by atoms with Crippen molar-refractivity contribution in [1.29, 1.82) is 0 Å². The van der Waals surface area contributed by atoms with Gasteiger partial charge in [-0.1, -0.05) is 12.1 Å². The summed E-state index contributed by atoms with van der Waals surface area (Å²) >= 11 is 0. The van der Waals surface area contributed by atoms with Crippen molar-refractivity contribution >= 4 is 34.2 Å². The molecule has 1 aliphatic heterocycles. The van der Waals surface area contributed by atoms with E-state index in [0.717, 1.165) is 35.2 Å². The zero-order chi connectivity index (χ0) is 24.6. The molecule has 10 heteroatoms. The number of hydrogen-bond donors (Lipinski definition) is 1. The second-order valence-electron chi connectivity index (χ2n) is 9.45. The number of nitrogens with zero attached hydrogens (tertiary/aromatic N) is 5. The number of ether oxygens (including phenoxy) is 2. The molecule has 0 bridgehead atoms. The Morgan fingerprint density at radius 3 is 2.71 bits per heavy atom. The van der Waals surface area contributed by atoms with Crippen LogP contribution in [-0.2, 0) is 16.0 Å². The highest BCUT2D eigenvalue weighted by Gasteiger charge is 2.20. The maximum atomic E-state index is 12.9. The van der Waals surface area contributed by atoms with Crippen LogP contribution in [0.25, 0.3) is 16.6 Å². The van der Waals surface area contributed by atoms with Crippen LogP contribution in [0.5, 0.6) is 0 Å². The van der Waals surface area contributed by atoms with Crippen LogP contribution in [0.15, 0.2) is 48.9 Å². The van der Waals surface area contributed by atoms with Gasteiger partial charge in [0.15, 0.2) is 5.65 Å². The number of hydrogen-bond acceptors (Lipinski definition) is 7. The monoisotopic (exact) mass is 476 g/mol. The van der Waals surface area contributed by atoms with Crippen LogP contribution in [0.4, 0.5) is 10.5 Å². The fraction of sp³-hybridized carbons (Fsp3) is 0.360. The molecule has 1 fully saturated rings. The van der Waals surface area contributed by atoms with E-state index in [1.165, 1.54) is 4.57 Å². The molecule has 10 nitrogen and oxygen atoms in total. The summed E-state index contributed by atoms with van der Waals surface area (Å²) in [7, 11) is 0. The quantitative estimate of drug-likeness (QED) is 0.482. The van der Waals surface area contributed by atoms with Crippen LogP contribution in [0.2, 0.25) is 0 Å². The van der Waals surface area contributed by atoms with Gasteiger partial charge in [-0.3, -0.25) is 9.36 Å². The van der Waals surface area contributed by atoms with Gasteiger partial charge in [0.25, 0.3) is 5.91 Å². The molecule has 3 aromatic heterocycles. The first-order chi connectivity index (χ1) is 16.8. The summed E-state index contributed by atoms with van der Waals surface area (Å²) in [6.45, 7) is 8.62. The predicted molar refractivity (Wildman–Crippen MR) is 131 cm³/mol. The van der Waals surface area contributed by atoms with E-state index in [1.54, 1.807) is 23.1 Å². The Balaban J connectivity index is 1.32. The van der Waals surface area contributed by atoms with Crippen molar-refractivity contribution in [2.75, 3.05) is 31.2 Å². The van der Waals surface area contributed by atoms with E-state index in [-0.39, 0.29) is 18.1 Å². The predicted octanol–water partition coefficient (Wildman–Crippen LogP) is 3.23. The van der Waals surface area contributed by atoms with E-state index in [9.17, 15) is 9.59 Å². The summed E-state index contributed by atoms with van der Waals surface area (Å²) < 4.78 is 14.0. The highest BCUT2D eigenvalue weighted by Crippen LogP contribution is 2.22. The second kappa shape index (κ2) is 9.03. The Kier molecular flexibility index (Phi) is 5.89. The molecule has 5 rings (SSSR count). The van der Waals surface area contributed by atoms with Gasteiger partial charge in [0.2, 0.25) is 0 Å². The van der Waals surface area contributed by atoms with Crippen LogP contribution in [-0.4, -0.2) is 63.1 Å². The molecule has 0 atom stereocenters. The Labute approximate surface area is 202 Å². The maximum Gasteiger partial charge on any atom is 0.418 e. The van der Waals surface area contributed by atoms with Gasteiger partial charge in [-0.2, -0.15) is 5.10 Å². The van der Waals surface area contributed by atoms with Gasteiger partial charge >= 0.3 is 6.09 Å². The Morgan fingerprint density at radius 1 is 1.14 bits per heavy atom. The van der Waals surface area contributed by atoms with Crippen LogP contribution in [0.3, 0.4) is 0 Å². The molecule has 1 N–H and O–H groups in total. The number of rotatable bonds is 4. The first-order valence-electron chi connectivity index (χ1n) is 11.6. The van der Waals surface area contributed by atoms with Crippen molar-refractivity contribution in [2.45, 2.75) is 32.9 Å². The third-order valence-electron chi connectivity index (χ3n) is 5.73. The molecule has 1 amide bonds. The zero-order valence-corrected chi connectivity index (χ0v) is 20.0. The Bertz CT molecular complexity index is 1390. The summed E-state index contributed by atoms with van der Waals surface area (Å²) in [5.41, 5.74) is 2.83. The number of aromatic nitrogens is 4. The lowest BCUT2D eigenvalue weighted by atomic mass is 10.1. The average Bonchev–Trinajstić information content (AvgIpc) is 3.46. The SMILES string of the molecule is CC(C)(C)OC(=O)n1ccc2ccc(CNC(=O)c3cn4nccc(N5CCOCC5)c4n3)cc21. The minimum Gasteiger partial charge on any atom is -0.443 e. The number of amides is 1. The van der Waals surface area contributed by atoms with Crippen LogP contribution in [0, 0.1) is 0 Å². The highest BCUT2D eigenvalue weighted by atomic mass is 16.6. The summed E-state index contributed by atoms with van der Waals surface area (Å²) in [6, 6.07) is 9.48. The number of anilines is 1. The molecule has 0 aliphatic carbocycles. The van der Waals surface area contributed by atoms with Crippen molar-refractivity contribution in [3.63, 3.8) is 0 Å². The first kappa shape index (κ1) is 22.9. The smallest absolute Gasteiger partial charge is 0.418 e. The van der Waals surface area contributed by atoms with Gasteiger partial charge in [0, 0.05) is 31.2 Å². The van der Waals surface area contributed by atoms with Crippen LogP contribution < -0.4 is 10.2 Å². The normalized spacial score (nSPS) is 14.4. The summed E-state index contributed by atoms with van der Waals surface area (Å²) in [5, 5.41) is 8.14. The number of nitrogens with one attached hydrogen (secondary N) is 1. The van der Waals surface area contributed by atoms with Crippen molar-refractivity contribution in [2.24, 2.45) is 0 Å².